The minimum atomic E-state index is 0.741. The van der Waals surface area contributed by atoms with Gasteiger partial charge in [0.25, 0.3) is 0 Å². The van der Waals surface area contributed by atoms with E-state index >= 15 is 0 Å². The van der Waals surface area contributed by atoms with E-state index in [0.717, 1.165) is 22.9 Å². The van der Waals surface area contributed by atoms with E-state index < -0.39 is 0 Å². The van der Waals surface area contributed by atoms with Crippen LogP contribution in [0.4, 0.5) is 0 Å². The highest BCUT2D eigenvalue weighted by atomic mass is 15.0. The van der Waals surface area contributed by atoms with Crippen molar-refractivity contribution in [1.29, 1.82) is 0 Å². The Morgan fingerprint density at radius 1 is 1.00 bits per heavy atom. The maximum absolute atomic E-state index is 4.33. The second kappa shape index (κ2) is 5.35. The Kier molecular flexibility index (Phi) is 3.62. The van der Waals surface area contributed by atoms with E-state index in [1.54, 1.807) is 18.6 Å². The number of rotatable bonds is 1. The molecule has 18 heavy (non-hydrogen) atoms. The number of fused-ring (bicyclic) bond motifs is 1. The fourth-order valence-corrected chi connectivity index (χ4v) is 1.56. The summed E-state index contributed by atoms with van der Waals surface area (Å²) in [5, 5.41) is 0. The molecule has 0 amide bonds. The number of hydrogen-bond donors (Lipinski definition) is 0. The minimum Gasteiger partial charge on any atom is -0.304 e. The Bertz CT molecular complexity index is 644. The van der Waals surface area contributed by atoms with E-state index in [-0.39, 0.29) is 0 Å². The third kappa shape index (κ3) is 2.34. The van der Waals surface area contributed by atoms with Crippen LogP contribution in [0.5, 0.6) is 0 Å². The van der Waals surface area contributed by atoms with Crippen molar-refractivity contribution in [1.82, 2.24) is 24.3 Å². The Morgan fingerprint density at radius 3 is 2.61 bits per heavy atom. The number of aromatic nitrogens is 5. The molecule has 3 aromatic rings. The summed E-state index contributed by atoms with van der Waals surface area (Å²) in [7, 11) is 0. The van der Waals surface area contributed by atoms with Crippen molar-refractivity contribution in [2.45, 2.75) is 20.8 Å². The van der Waals surface area contributed by atoms with Gasteiger partial charge in [0.05, 0.1) is 11.9 Å². The molecule has 0 aliphatic carbocycles. The molecular formula is C13H15N5. The summed E-state index contributed by atoms with van der Waals surface area (Å²) in [6.45, 7) is 5.86. The normalized spacial score (nSPS) is 9.94. The van der Waals surface area contributed by atoms with Crippen LogP contribution in [0.15, 0.2) is 37.1 Å². The van der Waals surface area contributed by atoms with Crippen molar-refractivity contribution >= 4 is 5.65 Å². The van der Waals surface area contributed by atoms with E-state index in [2.05, 4.69) is 19.9 Å². The Labute approximate surface area is 106 Å². The minimum absolute atomic E-state index is 0.741. The van der Waals surface area contributed by atoms with Gasteiger partial charge in [-0.2, -0.15) is 0 Å². The van der Waals surface area contributed by atoms with Gasteiger partial charge in [0, 0.05) is 24.8 Å². The van der Waals surface area contributed by atoms with Gasteiger partial charge in [-0.1, -0.05) is 13.8 Å². The third-order valence-corrected chi connectivity index (χ3v) is 2.32. The molecule has 5 heteroatoms. The van der Waals surface area contributed by atoms with Crippen molar-refractivity contribution in [3.05, 3.63) is 42.9 Å². The predicted octanol–water partition coefficient (Wildman–Crippen LogP) is 2.52. The van der Waals surface area contributed by atoms with E-state index in [4.69, 9.17) is 0 Å². The first-order valence-electron chi connectivity index (χ1n) is 5.92. The van der Waals surface area contributed by atoms with Crippen molar-refractivity contribution < 1.29 is 0 Å². The van der Waals surface area contributed by atoms with E-state index in [9.17, 15) is 0 Å². The molecule has 5 nitrogen and oxygen atoms in total. The van der Waals surface area contributed by atoms with Crippen LogP contribution in [0.2, 0.25) is 0 Å². The second-order valence-electron chi connectivity index (χ2n) is 3.45. The predicted molar refractivity (Wildman–Crippen MR) is 70.1 cm³/mol. The molecule has 0 N–H and O–H groups in total. The average Bonchev–Trinajstić information content (AvgIpc) is 2.88. The highest BCUT2D eigenvalue weighted by Crippen LogP contribution is 2.13. The van der Waals surface area contributed by atoms with Gasteiger partial charge in [0.1, 0.15) is 11.5 Å². The summed E-state index contributed by atoms with van der Waals surface area (Å²) >= 11 is 0. The molecule has 0 spiro atoms. The quantitative estimate of drug-likeness (QED) is 0.657. The molecule has 0 aliphatic heterocycles. The lowest BCUT2D eigenvalue weighted by atomic mass is 10.3. The Balaban J connectivity index is 0.000000574. The molecule has 0 radical (unpaired) electrons. The summed E-state index contributed by atoms with van der Waals surface area (Å²) in [5.41, 5.74) is 2.47. The van der Waals surface area contributed by atoms with Crippen LogP contribution in [0.1, 0.15) is 19.7 Å². The van der Waals surface area contributed by atoms with E-state index in [1.165, 1.54) is 0 Å². The topological polar surface area (TPSA) is 56.0 Å². The summed E-state index contributed by atoms with van der Waals surface area (Å²) in [6, 6.07) is 1.85. The Morgan fingerprint density at radius 2 is 1.83 bits per heavy atom. The van der Waals surface area contributed by atoms with Gasteiger partial charge in [0.2, 0.25) is 0 Å². The van der Waals surface area contributed by atoms with Crippen molar-refractivity contribution in [3.8, 4) is 11.4 Å². The van der Waals surface area contributed by atoms with Gasteiger partial charge in [-0.3, -0.25) is 0 Å². The molecule has 0 aromatic carbocycles. The molecule has 0 atom stereocenters. The fourth-order valence-electron chi connectivity index (χ4n) is 1.56. The first-order valence-corrected chi connectivity index (χ1v) is 5.92. The molecule has 0 saturated carbocycles. The molecule has 0 fully saturated rings. The number of hydrogen-bond acceptors (Lipinski definition) is 4. The first kappa shape index (κ1) is 12.2. The van der Waals surface area contributed by atoms with Crippen LogP contribution in [0.3, 0.4) is 0 Å². The third-order valence-electron chi connectivity index (χ3n) is 2.32. The van der Waals surface area contributed by atoms with E-state index in [1.807, 2.05) is 43.6 Å². The monoisotopic (exact) mass is 241 g/mol. The van der Waals surface area contributed by atoms with E-state index in [0.29, 0.717) is 0 Å². The first-order chi connectivity index (χ1) is 8.83. The standard InChI is InChI=1S/C11H9N5.C2H6/c1-8-12-3-2-9(15-8)10-7-16-5-4-13-11(16)6-14-10;1-2/h2-7H,1H3;1-2H3. The summed E-state index contributed by atoms with van der Waals surface area (Å²) in [4.78, 5) is 16.8. The van der Waals surface area contributed by atoms with Crippen molar-refractivity contribution in [3.63, 3.8) is 0 Å². The molecule has 3 aromatic heterocycles. The molecular weight excluding hydrogens is 226 g/mol. The van der Waals surface area contributed by atoms with Crippen molar-refractivity contribution in [2.24, 2.45) is 0 Å². The van der Waals surface area contributed by atoms with Gasteiger partial charge in [-0.05, 0) is 13.0 Å². The summed E-state index contributed by atoms with van der Waals surface area (Å²) < 4.78 is 1.92. The number of aryl methyl sites for hydroxylation is 1. The largest absolute Gasteiger partial charge is 0.304 e. The summed E-state index contributed by atoms with van der Waals surface area (Å²) in [5.74, 6) is 0.741. The molecule has 0 bridgehead atoms. The van der Waals surface area contributed by atoms with Crippen molar-refractivity contribution in [2.75, 3.05) is 0 Å². The molecule has 0 aliphatic rings. The van der Waals surface area contributed by atoms with Gasteiger partial charge in [-0.25, -0.2) is 19.9 Å². The fraction of sp³-hybridized carbons (Fsp3) is 0.231. The van der Waals surface area contributed by atoms with Crippen LogP contribution in [0, 0.1) is 6.92 Å². The molecule has 0 saturated heterocycles. The lowest BCUT2D eigenvalue weighted by Gasteiger charge is -2.01. The zero-order valence-corrected chi connectivity index (χ0v) is 10.7. The van der Waals surface area contributed by atoms with Crippen LogP contribution < -0.4 is 0 Å². The van der Waals surface area contributed by atoms with Gasteiger partial charge < -0.3 is 4.40 Å². The molecule has 3 heterocycles. The molecule has 0 unspecified atom stereocenters. The smallest absolute Gasteiger partial charge is 0.155 e. The summed E-state index contributed by atoms with van der Waals surface area (Å²) in [6.07, 6.45) is 8.99. The lowest BCUT2D eigenvalue weighted by Crippen LogP contribution is -1.94. The van der Waals surface area contributed by atoms with Crippen LogP contribution in [-0.2, 0) is 0 Å². The van der Waals surface area contributed by atoms with Gasteiger partial charge >= 0.3 is 0 Å². The Hall–Kier alpha value is -2.30. The van der Waals surface area contributed by atoms with Gasteiger partial charge in [0.15, 0.2) is 5.65 Å². The SMILES string of the molecule is CC.Cc1nccc(-c2cn3ccnc3cn2)n1. The average molecular weight is 241 g/mol. The number of nitrogens with zero attached hydrogens (tertiary/aromatic N) is 5. The zero-order chi connectivity index (χ0) is 13.0. The highest BCUT2D eigenvalue weighted by Gasteiger charge is 2.03. The van der Waals surface area contributed by atoms with Gasteiger partial charge in [-0.15, -0.1) is 0 Å². The maximum Gasteiger partial charge on any atom is 0.155 e. The highest BCUT2D eigenvalue weighted by molar-refractivity contribution is 5.54. The van der Waals surface area contributed by atoms with Crippen LogP contribution >= 0.6 is 0 Å². The zero-order valence-electron chi connectivity index (χ0n) is 10.7. The number of imidazole rings is 1. The lowest BCUT2D eigenvalue weighted by molar-refractivity contribution is 1.04. The second-order valence-corrected chi connectivity index (χ2v) is 3.45. The molecule has 3 rings (SSSR count). The van der Waals surface area contributed by atoms with Crippen LogP contribution in [0.25, 0.3) is 17.0 Å². The molecule has 92 valence electrons. The maximum atomic E-state index is 4.33. The van der Waals surface area contributed by atoms with Crippen LogP contribution in [-0.4, -0.2) is 24.3 Å².